The van der Waals surface area contributed by atoms with Crippen molar-refractivity contribution in [2.75, 3.05) is 34.0 Å². The van der Waals surface area contributed by atoms with Gasteiger partial charge in [0.2, 0.25) is 0 Å². The Morgan fingerprint density at radius 2 is 1.95 bits per heavy atom. The van der Waals surface area contributed by atoms with E-state index >= 15 is 0 Å². The Morgan fingerprint density at radius 1 is 1.21 bits per heavy atom. The smallest absolute Gasteiger partial charge is 0.161 e. The standard InChI is InChI=1S/C15H23NO3/c1-4-13(9-11-17-2)16-10-12-19-15-8-6-5-7-14(15)18-3/h4-8,13,16H,1,9-12H2,2-3H3/t13-/m1/s1. The van der Waals surface area contributed by atoms with Crippen molar-refractivity contribution in [1.82, 2.24) is 5.32 Å². The van der Waals surface area contributed by atoms with Gasteiger partial charge in [0.25, 0.3) is 0 Å². The molecule has 0 heterocycles. The molecule has 1 rings (SSSR count). The topological polar surface area (TPSA) is 39.7 Å². The van der Waals surface area contributed by atoms with Crippen LogP contribution in [-0.2, 0) is 4.74 Å². The summed E-state index contributed by atoms with van der Waals surface area (Å²) in [6.45, 7) is 5.85. The average Bonchev–Trinajstić information content (AvgIpc) is 2.47. The van der Waals surface area contributed by atoms with Crippen molar-refractivity contribution in [3.8, 4) is 11.5 Å². The number of hydrogen-bond acceptors (Lipinski definition) is 4. The number of nitrogens with one attached hydrogen (secondary N) is 1. The summed E-state index contributed by atoms with van der Waals surface area (Å²) in [5.41, 5.74) is 0. The monoisotopic (exact) mass is 265 g/mol. The molecule has 19 heavy (non-hydrogen) atoms. The first-order chi connectivity index (χ1) is 9.31. The van der Waals surface area contributed by atoms with Gasteiger partial charge in [-0.25, -0.2) is 0 Å². The summed E-state index contributed by atoms with van der Waals surface area (Å²) in [5.74, 6) is 1.51. The fourth-order valence-corrected chi connectivity index (χ4v) is 1.69. The van der Waals surface area contributed by atoms with E-state index in [4.69, 9.17) is 14.2 Å². The lowest BCUT2D eigenvalue weighted by Crippen LogP contribution is -2.31. The minimum absolute atomic E-state index is 0.251. The summed E-state index contributed by atoms with van der Waals surface area (Å²) < 4.78 is 15.9. The number of benzene rings is 1. The third kappa shape index (κ3) is 5.77. The van der Waals surface area contributed by atoms with Gasteiger partial charge >= 0.3 is 0 Å². The van der Waals surface area contributed by atoms with E-state index in [0.717, 1.165) is 31.1 Å². The van der Waals surface area contributed by atoms with Crippen molar-refractivity contribution in [2.45, 2.75) is 12.5 Å². The summed E-state index contributed by atoms with van der Waals surface area (Å²) in [7, 11) is 3.34. The van der Waals surface area contributed by atoms with E-state index in [1.165, 1.54) is 0 Å². The molecular formula is C15H23NO3. The van der Waals surface area contributed by atoms with Crippen molar-refractivity contribution in [1.29, 1.82) is 0 Å². The summed E-state index contributed by atoms with van der Waals surface area (Å²) in [6.07, 6.45) is 2.80. The van der Waals surface area contributed by atoms with E-state index in [-0.39, 0.29) is 6.04 Å². The van der Waals surface area contributed by atoms with Crippen molar-refractivity contribution < 1.29 is 14.2 Å². The molecule has 1 atom stereocenters. The molecule has 4 nitrogen and oxygen atoms in total. The Balaban J connectivity index is 2.27. The van der Waals surface area contributed by atoms with Crippen molar-refractivity contribution in [3.05, 3.63) is 36.9 Å². The van der Waals surface area contributed by atoms with Gasteiger partial charge in [-0.1, -0.05) is 18.2 Å². The lowest BCUT2D eigenvalue weighted by molar-refractivity contribution is 0.186. The molecule has 1 aromatic carbocycles. The maximum atomic E-state index is 5.67. The van der Waals surface area contributed by atoms with Crippen LogP contribution in [-0.4, -0.2) is 40.0 Å². The maximum absolute atomic E-state index is 5.67. The fourth-order valence-electron chi connectivity index (χ4n) is 1.69. The molecule has 0 aromatic heterocycles. The third-order valence-electron chi connectivity index (χ3n) is 2.75. The van der Waals surface area contributed by atoms with Crippen LogP contribution in [0.25, 0.3) is 0 Å². The van der Waals surface area contributed by atoms with E-state index in [1.54, 1.807) is 14.2 Å². The Labute approximate surface area is 115 Å². The number of para-hydroxylation sites is 2. The number of rotatable bonds is 10. The zero-order valence-corrected chi connectivity index (χ0v) is 11.7. The van der Waals surface area contributed by atoms with Crippen LogP contribution >= 0.6 is 0 Å². The molecule has 0 fully saturated rings. The van der Waals surface area contributed by atoms with E-state index < -0.39 is 0 Å². The first-order valence-electron chi connectivity index (χ1n) is 6.42. The van der Waals surface area contributed by atoms with Gasteiger partial charge in [-0.3, -0.25) is 0 Å². The highest BCUT2D eigenvalue weighted by Gasteiger charge is 2.04. The van der Waals surface area contributed by atoms with Gasteiger partial charge in [0.15, 0.2) is 11.5 Å². The summed E-state index contributed by atoms with van der Waals surface area (Å²) in [6, 6.07) is 7.88. The van der Waals surface area contributed by atoms with Crippen LogP contribution in [0.2, 0.25) is 0 Å². The Kier molecular flexibility index (Phi) is 7.70. The summed E-state index contributed by atoms with van der Waals surface area (Å²) >= 11 is 0. The molecule has 4 heteroatoms. The molecule has 0 amide bonds. The van der Waals surface area contributed by atoms with Crippen LogP contribution < -0.4 is 14.8 Å². The molecule has 0 aliphatic heterocycles. The normalized spacial score (nSPS) is 11.9. The van der Waals surface area contributed by atoms with Crippen LogP contribution in [0, 0.1) is 0 Å². The van der Waals surface area contributed by atoms with Gasteiger partial charge in [-0.2, -0.15) is 0 Å². The number of ether oxygens (including phenoxy) is 3. The lowest BCUT2D eigenvalue weighted by Gasteiger charge is -2.15. The van der Waals surface area contributed by atoms with Gasteiger partial charge in [0.05, 0.1) is 7.11 Å². The quantitative estimate of drug-likeness (QED) is 0.520. The summed E-state index contributed by atoms with van der Waals surface area (Å²) in [4.78, 5) is 0. The highest BCUT2D eigenvalue weighted by Crippen LogP contribution is 2.25. The Morgan fingerprint density at radius 3 is 2.58 bits per heavy atom. The van der Waals surface area contributed by atoms with Gasteiger partial charge in [0, 0.05) is 26.3 Å². The van der Waals surface area contributed by atoms with E-state index in [0.29, 0.717) is 6.61 Å². The molecule has 106 valence electrons. The molecule has 0 bridgehead atoms. The fraction of sp³-hybridized carbons (Fsp3) is 0.467. The minimum atomic E-state index is 0.251. The van der Waals surface area contributed by atoms with Gasteiger partial charge < -0.3 is 19.5 Å². The molecule has 0 aliphatic carbocycles. The van der Waals surface area contributed by atoms with Crippen LogP contribution in [0.15, 0.2) is 36.9 Å². The average molecular weight is 265 g/mol. The SMILES string of the molecule is C=C[C@H](CCOC)NCCOc1ccccc1OC. The number of hydrogen-bond donors (Lipinski definition) is 1. The van der Waals surface area contributed by atoms with Gasteiger partial charge in [0.1, 0.15) is 6.61 Å². The zero-order chi connectivity index (χ0) is 13.9. The van der Waals surface area contributed by atoms with Crippen LogP contribution in [0.1, 0.15) is 6.42 Å². The van der Waals surface area contributed by atoms with E-state index in [2.05, 4.69) is 11.9 Å². The molecule has 0 aliphatic rings. The van der Waals surface area contributed by atoms with Crippen molar-refractivity contribution >= 4 is 0 Å². The molecule has 1 N–H and O–H groups in total. The third-order valence-corrected chi connectivity index (χ3v) is 2.75. The zero-order valence-electron chi connectivity index (χ0n) is 11.7. The van der Waals surface area contributed by atoms with Crippen molar-refractivity contribution in [3.63, 3.8) is 0 Å². The predicted octanol–water partition coefficient (Wildman–Crippen LogP) is 2.25. The van der Waals surface area contributed by atoms with Crippen molar-refractivity contribution in [2.24, 2.45) is 0 Å². The highest BCUT2D eigenvalue weighted by molar-refractivity contribution is 5.39. The maximum Gasteiger partial charge on any atom is 0.161 e. The second-order valence-corrected chi connectivity index (χ2v) is 4.08. The minimum Gasteiger partial charge on any atom is -0.493 e. The second kappa shape index (κ2) is 9.42. The number of methoxy groups -OCH3 is 2. The van der Waals surface area contributed by atoms with Gasteiger partial charge in [-0.05, 0) is 18.6 Å². The van der Waals surface area contributed by atoms with Crippen LogP contribution in [0.5, 0.6) is 11.5 Å². The largest absolute Gasteiger partial charge is 0.493 e. The Bertz CT molecular complexity index is 368. The molecule has 0 unspecified atom stereocenters. The first kappa shape index (κ1) is 15.5. The molecule has 0 radical (unpaired) electrons. The van der Waals surface area contributed by atoms with Crippen LogP contribution in [0.3, 0.4) is 0 Å². The van der Waals surface area contributed by atoms with Crippen LogP contribution in [0.4, 0.5) is 0 Å². The first-order valence-corrected chi connectivity index (χ1v) is 6.42. The second-order valence-electron chi connectivity index (χ2n) is 4.08. The van der Waals surface area contributed by atoms with Gasteiger partial charge in [-0.15, -0.1) is 6.58 Å². The summed E-state index contributed by atoms with van der Waals surface area (Å²) in [5, 5.41) is 3.35. The molecule has 0 saturated heterocycles. The van der Waals surface area contributed by atoms with E-state index in [9.17, 15) is 0 Å². The molecule has 0 spiro atoms. The molecule has 1 aromatic rings. The Hall–Kier alpha value is -1.52. The molecule has 0 saturated carbocycles. The van der Waals surface area contributed by atoms with E-state index in [1.807, 2.05) is 30.3 Å². The highest BCUT2D eigenvalue weighted by atomic mass is 16.5. The molecular weight excluding hydrogens is 242 g/mol. The lowest BCUT2D eigenvalue weighted by atomic mass is 10.2. The predicted molar refractivity (Wildman–Crippen MR) is 77.0 cm³/mol.